The van der Waals surface area contributed by atoms with Gasteiger partial charge in [-0.3, -0.25) is 4.79 Å². The summed E-state index contributed by atoms with van der Waals surface area (Å²) >= 11 is 0. The van der Waals surface area contributed by atoms with E-state index in [1.807, 2.05) is 0 Å². The van der Waals surface area contributed by atoms with Crippen molar-refractivity contribution in [2.45, 2.75) is 26.1 Å². The number of amides is 1. The van der Waals surface area contributed by atoms with Gasteiger partial charge in [0.15, 0.2) is 5.82 Å². The fourth-order valence-electron chi connectivity index (χ4n) is 2.65. The summed E-state index contributed by atoms with van der Waals surface area (Å²) in [5.41, 5.74) is -0.792. The van der Waals surface area contributed by atoms with Gasteiger partial charge in [0.1, 0.15) is 5.82 Å². The largest absolute Gasteiger partial charge is 0.417 e. The molecule has 0 aromatic carbocycles. The molecule has 25 heavy (non-hydrogen) atoms. The Morgan fingerprint density at radius 1 is 1.44 bits per heavy atom. The molecule has 0 unspecified atom stereocenters. The SMILES string of the molecule is Cc1nc(CNC(=O)[C@@H]2CCN(c3ccc(C(F)(F)F)cn3)C2)no1. The number of hydrogen-bond acceptors (Lipinski definition) is 6. The van der Waals surface area contributed by atoms with Crippen molar-refractivity contribution in [3.63, 3.8) is 0 Å². The third-order valence-electron chi connectivity index (χ3n) is 3.95. The van der Waals surface area contributed by atoms with E-state index >= 15 is 0 Å². The molecular weight excluding hydrogens is 339 g/mol. The van der Waals surface area contributed by atoms with E-state index in [4.69, 9.17) is 4.52 Å². The van der Waals surface area contributed by atoms with Gasteiger partial charge in [0.2, 0.25) is 11.8 Å². The zero-order chi connectivity index (χ0) is 18.0. The molecule has 1 saturated heterocycles. The van der Waals surface area contributed by atoms with Gasteiger partial charge in [-0.2, -0.15) is 18.2 Å². The minimum Gasteiger partial charge on any atom is -0.356 e. The van der Waals surface area contributed by atoms with Gasteiger partial charge in [-0.05, 0) is 18.6 Å². The quantitative estimate of drug-likeness (QED) is 0.902. The lowest BCUT2D eigenvalue weighted by Gasteiger charge is -2.18. The van der Waals surface area contributed by atoms with Gasteiger partial charge in [0.05, 0.1) is 18.0 Å². The standard InChI is InChI=1S/C15H16F3N5O2/c1-9-21-12(22-25-9)7-20-14(24)10-4-5-23(8-10)13-3-2-11(6-19-13)15(16,17)18/h2-3,6,10H,4-5,7-8H2,1H3,(H,20,24)/t10-/m1/s1. The predicted molar refractivity (Wildman–Crippen MR) is 80.4 cm³/mol. The predicted octanol–water partition coefficient (Wildman–Crippen LogP) is 1.93. The average molecular weight is 355 g/mol. The fourth-order valence-corrected chi connectivity index (χ4v) is 2.65. The van der Waals surface area contributed by atoms with Crippen LogP contribution in [-0.2, 0) is 17.5 Å². The van der Waals surface area contributed by atoms with Gasteiger partial charge in [-0.15, -0.1) is 0 Å². The molecule has 0 radical (unpaired) electrons. The van der Waals surface area contributed by atoms with Crippen LogP contribution in [-0.4, -0.2) is 34.1 Å². The van der Waals surface area contributed by atoms with Crippen molar-refractivity contribution in [1.29, 1.82) is 0 Å². The molecule has 1 fully saturated rings. The highest BCUT2D eigenvalue weighted by Crippen LogP contribution is 2.30. The average Bonchev–Trinajstić information content (AvgIpc) is 3.21. The van der Waals surface area contributed by atoms with E-state index < -0.39 is 11.7 Å². The van der Waals surface area contributed by atoms with Crippen LogP contribution in [0.1, 0.15) is 23.7 Å². The second kappa shape index (κ2) is 6.69. The first-order valence-corrected chi connectivity index (χ1v) is 7.68. The van der Waals surface area contributed by atoms with Crippen LogP contribution in [0.15, 0.2) is 22.9 Å². The summed E-state index contributed by atoms with van der Waals surface area (Å²) < 4.78 is 42.5. The van der Waals surface area contributed by atoms with Crippen molar-refractivity contribution in [3.05, 3.63) is 35.6 Å². The van der Waals surface area contributed by atoms with Gasteiger partial charge in [0, 0.05) is 26.2 Å². The zero-order valence-corrected chi connectivity index (χ0v) is 13.4. The summed E-state index contributed by atoms with van der Waals surface area (Å²) in [6.45, 7) is 2.78. The van der Waals surface area contributed by atoms with Crippen LogP contribution >= 0.6 is 0 Å². The normalized spacial score (nSPS) is 17.8. The molecule has 0 spiro atoms. The van der Waals surface area contributed by atoms with Crippen molar-refractivity contribution in [2.75, 3.05) is 18.0 Å². The van der Waals surface area contributed by atoms with Crippen LogP contribution in [0.25, 0.3) is 0 Å². The maximum atomic E-state index is 12.6. The number of halogens is 3. The number of alkyl halides is 3. The third-order valence-corrected chi connectivity index (χ3v) is 3.95. The van der Waals surface area contributed by atoms with E-state index in [1.165, 1.54) is 6.07 Å². The van der Waals surface area contributed by atoms with Crippen molar-refractivity contribution in [1.82, 2.24) is 20.4 Å². The van der Waals surface area contributed by atoms with Gasteiger partial charge < -0.3 is 14.7 Å². The molecule has 1 atom stereocenters. The zero-order valence-electron chi connectivity index (χ0n) is 13.4. The number of rotatable bonds is 4. The number of nitrogens with one attached hydrogen (secondary N) is 1. The smallest absolute Gasteiger partial charge is 0.356 e. The minimum absolute atomic E-state index is 0.156. The van der Waals surface area contributed by atoms with Crippen LogP contribution < -0.4 is 10.2 Å². The lowest BCUT2D eigenvalue weighted by atomic mass is 10.1. The molecule has 3 rings (SSSR count). The molecule has 1 aliphatic rings. The van der Waals surface area contributed by atoms with Gasteiger partial charge in [-0.25, -0.2) is 4.98 Å². The van der Waals surface area contributed by atoms with Gasteiger partial charge in [-0.1, -0.05) is 5.16 Å². The molecule has 1 N–H and O–H groups in total. The lowest BCUT2D eigenvalue weighted by molar-refractivity contribution is -0.137. The Balaban J connectivity index is 1.55. The topological polar surface area (TPSA) is 84.2 Å². The summed E-state index contributed by atoms with van der Waals surface area (Å²) in [4.78, 5) is 21.8. The Bertz CT molecular complexity index is 744. The number of anilines is 1. The second-order valence-electron chi connectivity index (χ2n) is 5.78. The Hall–Kier alpha value is -2.65. The van der Waals surface area contributed by atoms with Crippen LogP contribution in [0.5, 0.6) is 0 Å². The Kier molecular flexibility index (Phi) is 4.60. The number of pyridine rings is 1. The van der Waals surface area contributed by atoms with Crippen molar-refractivity contribution >= 4 is 11.7 Å². The van der Waals surface area contributed by atoms with Gasteiger partial charge >= 0.3 is 6.18 Å². The molecule has 134 valence electrons. The molecule has 0 aliphatic carbocycles. The molecule has 7 nitrogen and oxygen atoms in total. The van der Waals surface area contributed by atoms with Crippen molar-refractivity contribution < 1.29 is 22.5 Å². The first kappa shape index (κ1) is 17.2. The summed E-state index contributed by atoms with van der Waals surface area (Å²) in [7, 11) is 0. The monoisotopic (exact) mass is 355 g/mol. The maximum Gasteiger partial charge on any atom is 0.417 e. The molecule has 1 amide bonds. The second-order valence-corrected chi connectivity index (χ2v) is 5.78. The number of nitrogens with zero attached hydrogens (tertiary/aromatic N) is 4. The minimum atomic E-state index is -4.41. The van der Waals surface area contributed by atoms with E-state index in [0.29, 0.717) is 37.0 Å². The van der Waals surface area contributed by atoms with E-state index in [0.717, 1.165) is 12.3 Å². The lowest BCUT2D eigenvalue weighted by Crippen LogP contribution is -2.32. The molecular formula is C15H16F3N5O2. The highest BCUT2D eigenvalue weighted by molar-refractivity contribution is 5.79. The van der Waals surface area contributed by atoms with E-state index in [9.17, 15) is 18.0 Å². The molecule has 10 heteroatoms. The van der Waals surface area contributed by atoms with E-state index in [2.05, 4.69) is 20.4 Å². The molecule has 1 aliphatic heterocycles. The molecule has 2 aromatic rings. The fraction of sp³-hybridized carbons (Fsp3) is 0.467. The van der Waals surface area contributed by atoms with Crippen LogP contribution in [0.4, 0.5) is 19.0 Å². The maximum absolute atomic E-state index is 12.6. The molecule has 2 aromatic heterocycles. The molecule has 3 heterocycles. The molecule has 0 saturated carbocycles. The van der Waals surface area contributed by atoms with Crippen LogP contribution in [0.2, 0.25) is 0 Å². The summed E-state index contributed by atoms with van der Waals surface area (Å²) in [5, 5.41) is 6.43. The Morgan fingerprint density at radius 3 is 2.84 bits per heavy atom. The van der Waals surface area contributed by atoms with Gasteiger partial charge in [0.25, 0.3) is 0 Å². The first-order chi connectivity index (χ1) is 11.8. The van der Waals surface area contributed by atoms with Crippen molar-refractivity contribution in [2.24, 2.45) is 5.92 Å². The number of aryl methyl sites for hydroxylation is 1. The van der Waals surface area contributed by atoms with Crippen molar-refractivity contribution in [3.8, 4) is 0 Å². The van der Waals surface area contributed by atoms with E-state index in [1.54, 1.807) is 11.8 Å². The molecule has 0 bridgehead atoms. The highest BCUT2D eigenvalue weighted by Gasteiger charge is 2.32. The summed E-state index contributed by atoms with van der Waals surface area (Å²) in [5.74, 6) is 0.820. The third kappa shape index (κ3) is 4.06. The van der Waals surface area contributed by atoms with Crippen LogP contribution in [0.3, 0.4) is 0 Å². The highest BCUT2D eigenvalue weighted by atomic mass is 19.4. The Morgan fingerprint density at radius 2 is 2.24 bits per heavy atom. The number of carbonyl (C=O) groups is 1. The number of carbonyl (C=O) groups excluding carboxylic acids is 1. The Labute approximate surface area is 141 Å². The number of aromatic nitrogens is 3. The van der Waals surface area contributed by atoms with Crippen LogP contribution in [0, 0.1) is 12.8 Å². The first-order valence-electron chi connectivity index (χ1n) is 7.68. The summed E-state index contributed by atoms with van der Waals surface area (Å²) in [6.07, 6.45) is -3.01. The van der Waals surface area contributed by atoms with E-state index in [-0.39, 0.29) is 18.4 Å². The number of hydrogen-bond donors (Lipinski definition) is 1. The summed E-state index contributed by atoms with van der Waals surface area (Å²) in [6, 6.07) is 2.32.